The van der Waals surface area contributed by atoms with Gasteiger partial charge in [0.05, 0.1) is 22.9 Å². The molecule has 0 spiro atoms. The van der Waals surface area contributed by atoms with E-state index < -0.39 is 0 Å². The van der Waals surface area contributed by atoms with Crippen LogP contribution in [0.4, 0.5) is 11.4 Å². The van der Waals surface area contributed by atoms with Crippen LogP contribution in [-0.4, -0.2) is 30.4 Å². The van der Waals surface area contributed by atoms with Crippen LogP contribution in [0.15, 0.2) is 12.1 Å². The summed E-state index contributed by atoms with van der Waals surface area (Å²) in [6.07, 6.45) is 1.09. The zero-order valence-corrected chi connectivity index (χ0v) is 14.3. The van der Waals surface area contributed by atoms with Crippen molar-refractivity contribution < 1.29 is 4.79 Å². The number of hydrogen-bond donors (Lipinski definition) is 2. The molecular formula is C15H23Cl2N3O. The fraction of sp³-hybridized carbons (Fsp3) is 0.533. The monoisotopic (exact) mass is 331 g/mol. The largest absolute Gasteiger partial charge is 0.397 e. The highest BCUT2D eigenvalue weighted by molar-refractivity contribution is 6.37. The quantitative estimate of drug-likeness (QED) is 0.745. The SMILES string of the molecule is CCC(C)CN(CC)CC(=O)Nc1c(N)cc(Cl)cc1Cl. The van der Waals surface area contributed by atoms with E-state index in [1.165, 1.54) is 0 Å². The molecule has 1 atom stereocenters. The molecule has 0 aromatic heterocycles. The Kier molecular flexibility index (Phi) is 7.29. The van der Waals surface area contributed by atoms with Gasteiger partial charge in [-0.15, -0.1) is 0 Å². The van der Waals surface area contributed by atoms with Crippen molar-refractivity contribution >= 4 is 40.5 Å². The van der Waals surface area contributed by atoms with E-state index in [2.05, 4.69) is 24.1 Å². The molecule has 21 heavy (non-hydrogen) atoms. The van der Waals surface area contributed by atoms with E-state index in [9.17, 15) is 4.79 Å². The van der Waals surface area contributed by atoms with Crippen molar-refractivity contribution in [1.29, 1.82) is 0 Å². The Morgan fingerprint density at radius 3 is 2.57 bits per heavy atom. The Labute approximate surface area is 136 Å². The third-order valence-electron chi connectivity index (χ3n) is 3.43. The Hall–Kier alpha value is -0.970. The highest BCUT2D eigenvalue weighted by Gasteiger charge is 2.14. The summed E-state index contributed by atoms with van der Waals surface area (Å²) in [6.45, 7) is 8.39. The lowest BCUT2D eigenvalue weighted by atomic mass is 10.1. The standard InChI is InChI=1S/C15H23Cl2N3O/c1-4-10(3)8-20(5-2)9-14(21)19-15-12(17)6-11(16)7-13(15)18/h6-7,10H,4-5,8-9,18H2,1-3H3,(H,19,21). The molecule has 3 N–H and O–H groups in total. The van der Waals surface area contributed by atoms with E-state index in [0.29, 0.717) is 33.9 Å². The molecule has 0 heterocycles. The second-order valence-electron chi connectivity index (χ2n) is 5.24. The summed E-state index contributed by atoms with van der Waals surface area (Å²) < 4.78 is 0. The zero-order valence-electron chi connectivity index (χ0n) is 12.7. The van der Waals surface area contributed by atoms with Crippen LogP contribution in [0.1, 0.15) is 27.2 Å². The van der Waals surface area contributed by atoms with Crippen LogP contribution in [0, 0.1) is 5.92 Å². The van der Waals surface area contributed by atoms with Gasteiger partial charge in [0.2, 0.25) is 5.91 Å². The second kappa shape index (κ2) is 8.47. The Morgan fingerprint density at radius 1 is 1.38 bits per heavy atom. The van der Waals surface area contributed by atoms with Crippen LogP contribution >= 0.6 is 23.2 Å². The van der Waals surface area contributed by atoms with Gasteiger partial charge in [-0.05, 0) is 24.6 Å². The number of nitrogens with zero attached hydrogens (tertiary/aromatic N) is 1. The summed E-state index contributed by atoms with van der Waals surface area (Å²) in [5.41, 5.74) is 6.63. The number of nitrogen functional groups attached to an aromatic ring is 1. The average Bonchev–Trinajstić information content (AvgIpc) is 2.41. The Morgan fingerprint density at radius 2 is 2.05 bits per heavy atom. The van der Waals surface area contributed by atoms with Gasteiger partial charge in [-0.2, -0.15) is 0 Å². The number of carbonyl (C=O) groups is 1. The third kappa shape index (κ3) is 5.73. The van der Waals surface area contributed by atoms with Crippen LogP contribution in [0.25, 0.3) is 0 Å². The van der Waals surface area contributed by atoms with Crippen LogP contribution in [0.2, 0.25) is 10.0 Å². The molecule has 4 nitrogen and oxygen atoms in total. The maximum atomic E-state index is 12.1. The zero-order chi connectivity index (χ0) is 16.0. The molecule has 1 rings (SSSR count). The number of likely N-dealkylation sites (N-methyl/N-ethyl adjacent to an activating group) is 1. The molecule has 0 aliphatic carbocycles. The average molecular weight is 332 g/mol. The van der Waals surface area contributed by atoms with Crippen LogP contribution in [-0.2, 0) is 4.79 Å². The highest BCUT2D eigenvalue weighted by atomic mass is 35.5. The first kappa shape index (κ1) is 18.1. The number of nitrogens with one attached hydrogen (secondary N) is 1. The summed E-state index contributed by atoms with van der Waals surface area (Å²) >= 11 is 11.9. The molecule has 0 radical (unpaired) electrons. The van der Waals surface area contributed by atoms with Gasteiger partial charge in [-0.25, -0.2) is 0 Å². The topological polar surface area (TPSA) is 58.4 Å². The van der Waals surface area contributed by atoms with E-state index in [0.717, 1.165) is 19.5 Å². The predicted molar refractivity (Wildman–Crippen MR) is 91.1 cm³/mol. The minimum Gasteiger partial charge on any atom is -0.397 e. The van der Waals surface area contributed by atoms with Crippen molar-refractivity contribution in [3.8, 4) is 0 Å². The van der Waals surface area contributed by atoms with Gasteiger partial charge in [0.15, 0.2) is 0 Å². The van der Waals surface area contributed by atoms with Gasteiger partial charge < -0.3 is 11.1 Å². The third-order valence-corrected chi connectivity index (χ3v) is 3.95. The molecular weight excluding hydrogens is 309 g/mol. The lowest BCUT2D eigenvalue weighted by Gasteiger charge is -2.23. The molecule has 0 aliphatic heterocycles. The van der Waals surface area contributed by atoms with Crippen molar-refractivity contribution in [3.63, 3.8) is 0 Å². The fourth-order valence-corrected chi connectivity index (χ4v) is 2.54. The van der Waals surface area contributed by atoms with Crippen LogP contribution in [0.3, 0.4) is 0 Å². The van der Waals surface area contributed by atoms with Gasteiger partial charge in [0, 0.05) is 11.6 Å². The van der Waals surface area contributed by atoms with Crippen molar-refractivity contribution in [3.05, 3.63) is 22.2 Å². The van der Waals surface area contributed by atoms with E-state index in [1.54, 1.807) is 12.1 Å². The number of nitrogens with two attached hydrogens (primary N) is 1. The summed E-state index contributed by atoms with van der Waals surface area (Å²) in [5.74, 6) is 0.429. The molecule has 118 valence electrons. The lowest BCUT2D eigenvalue weighted by molar-refractivity contribution is -0.117. The number of carbonyl (C=O) groups excluding carboxylic acids is 1. The lowest BCUT2D eigenvalue weighted by Crippen LogP contribution is -2.36. The fourth-order valence-electron chi connectivity index (χ4n) is 1.98. The first-order valence-electron chi connectivity index (χ1n) is 7.14. The van der Waals surface area contributed by atoms with E-state index in [1.807, 2.05) is 6.92 Å². The first-order valence-corrected chi connectivity index (χ1v) is 7.89. The van der Waals surface area contributed by atoms with Crippen molar-refractivity contribution in [1.82, 2.24) is 4.90 Å². The minimum atomic E-state index is -0.129. The minimum absolute atomic E-state index is 0.129. The molecule has 0 saturated heterocycles. The first-order chi connectivity index (χ1) is 9.87. The number of rotatable bonds is 7. The summed E-state index contributed by atoms with van der Waals surface area (Å²) in [6, 6.07) is 3.13. The smallest absolute Gasteiger partial charge is 0.238 e. The van der Waals surface area contributed by atoms with Crippen molar-refractivity contribution in [2.45, 2.75) is 27.2 Å². The van der Waals surface area contributed by atoms with Gasteiger partial charge in [0.25, 0.3) is 0 Å². The van der Waals surface area contributed by atoms with Crippen LogP contribution in [0.5, 0.6) is 0 Å². The number of halogens is 2. The normalized spacial score (nSPS) is 12.5. The summed E-state index contributed by atoms with van der Waals surface area (Å²) in [7, 11) is 0. The van der Waals surface area contributed by atoms with Gasteiger partial charge in [-0.1, -0.05) is 50.4 Å². The van der Waals surface area contributed by atoms with E-state index in [4.69, 9.17) is 28.9 Å². The molecule has 0 aliphatic rings. The highest BCUT2D eigenvalue weighted by Crippen LogP contribution is 2.31. The molecule has 1 aromatic rings. The van der Waals surface area contributed by atoms with E-state index >= 15 is 0 Å². The number of benzene rings is 1. The maximum absolute atomic E-state index is 12.1. The molecule has 1 amide bonds. The second-order valence-corrected chi connectivity index (χ2v) is 6.08. The Bertz CT molecular complexity index is 471. The van der Waals surface area contributed by atoms with Crippen LogP contribution < -0.4 is 11.1 Å². The summed E-state index contributed by atoms with van der Waals surface area (Å²) in [4.78, 5) is 14.2. The molecule has 6 heteroatoms. The van der Waals surface area contributed by atoms with Gasteiger partial charge in [-0.3, -0.25) is 9.69 Å². The molecule has 0 saturated carbocycles. The molecule has 0 fully saturated rings. The number of hydrogen-bond acceptors (Lipinski definition) is 3. The van der Waals surface area contributed by atoms with Gasteiger partial charge in [0.1, 0.15) is 0 Å². The predicted octanol–water partition coefficient (Wildman–Crippen LogP) is 3.88. The number of anilines is 2. The molecule has 1 unspecified atom stereocenters. The van der Waals surface area contributed by atoms with Gasteiger partial charge >= 0.3 is 0 Å². The Balaban J connectivity index is 2.69. The molecule has 1 aromatic carbocycles. The van der Waals surface area contributed by atoms with Crippen molar-refractivity contribution in [2.75, 3.05) is 30.7 Å². The number of amides is 1. The maximum Gasteiger partial charge on any atom is 0.238 e. The van der Waals surface area contributed by atoms with E-state index in [-0.39, 0.29) is 5.91 Å². The summed E-state index contributed by atoms with van der Waals surface area (Å²) in [5, 5.41) is 3.56. The van der Waals surface area contributed by atoms with Crippen molar-refractivity contribution in [2.24, 2.45) is 5.92 Å². The molecule has 0 bridgehead atoms.